The van der Waals surface area contributed by atoms with Gasteiger partial charge in [0.2, 0.25) is 0 Å². The fourth-order valence-electron chi connectivity index (χ4n) is 3.68. The van der Waals surface area contributed by atoms with Crippen molar-refractivity contribution in [2.75, 3.05) is 37.4 Å². The third-order valence-electron chi connectivity index (χ3n) is 5.72. The minimum atomic E-state index is -0.678. The van der Waals surface area contributed by atoms with E-state index in [0.29, 0.717) is 37.0 Å². The topological polar surface area (TPSA) is 151 Å². The number of amides is 1. The highest BCUT2D eigenvalue weighted by atomic mass is 16.4. The average molecular weight is 464 g/mol. The third kappa shape index (κ3) is 4.28. The van der Waals surface area contributed by atoms with Gasteiger partial charge in [-0.2, -0.15) is 10.1 Å². The molecule has 176 valence electrons. The van der Waals surface area contributed by atoms with E-state index in [1.165, 1.54) is 0 Å². The lowest BCUT2D eigenvalue weighted by atomic mass is 9.97. The van der Waals surface area contributed by atoms with Gasteiger partial charge in [-0.05, 0) is 26.2 Å². The van der Waals surface area contributed by atoms with Gasteiger partial charge >= 0.3 is 0 Å². The number of likely N-dealkylation sites (N-methyl/N-ethyl adjacent to an activating group) is 1. The van der Waals surface area contributed by atoms with Crippen molar-refractivity contribution in [3.05, 3.63) is 54.2 Å². The molecule has 1 amide bonds. The van der Waals surface area contributed by atoms with Gasteiger partial charge in [-0.1, -0.05) is 12.1 Å². The number of hydrogen-bond donors (Lipinski definition) is 3. The smallest absolute Gasteiger partial charge is 0.298 e. The van der Waals surface area contributed by atoms with Gasteiger partial charge in [0.05, 0.1) is 30.3 Å². The number of aliphatic hydroxyl groups is 1. The van der Waals surface area contributed by atoms with E-state index in [0.717, 1.165) is 11.1 Å². The number of benzene rings is 1. The molecular formula is C22H25N9O3. The van der Waals surface area contributed by atoms with Crippen LogP contribution in [0, 0.1) is 0 Å². The van der Waals surface area contributed by atoms with E-state index in [4.69, 9.17) is 10.2 Å². The molecule has 1 atom stereocenters. The van der Waals surface area contributed by atoms with Crippen molar-refractivity contribution in [2.45, 2.75) is 18.7 Å². The van der Waals surface area contributed by atoms with Gasteiger partial charge in [-0.3, -0.25) is 14.4 Å². The van der Waals surface area contributed by atoms with Gasteiger partial charge in [-0.25, -0.2) is 9.97 Å². The Morgan fingerprint density at radius 1 is 1.29 bits per heavy atom. The fraction of sp³-hybridized carbons (Fsp3) is 0.318. The lowest BCUT2D eigenvalue weighted by Gasteiger charge is -2.37. The number of aliphatic hydroxyl groups excluding tert-OH is 1. The van der Waals surface area contributed by atoms with Crippen LogP contribution in [0.15, 0.2) is 47.3 Å². The zero-order valence-electron chi connectivity index (χ0n) is 18.8. The molecule has 12 heteroatoms. The van der Waals surface area contributed by atoms with Gasteiger partial charge in [0.15, 0.2) is 17.1 Å². The molecule has 0 saturated carbocycles. The molecule has 1 saturated heterocycles. The summed E-state index contributed by atoms with van der Waals surface area (Å²) in [6.45, 7) is 1.58. The molecule has 3 aromatic heterocycles. The van der Waals surface area contributed by atoms with Crippen molar-refractivity contribution in [2.24, 2.45) is 5.73 Å². The summed E-state index contributed by atoms with van der Waals surface area (Å²) in [5, 5.41) is 17.2. The summed E-state index contributed by atoms with van der Waals surface area (Å²) in [6.07, 6.45) is 4.25. The van der Waals surface area contributed by atoms with Crippen molar-refractivity contribution >= 4 is 34.5 Å². The number of aromatic nitrogens is 5. The Kier molecular flexibility index (Phi) is 5.59. The molecular weight excluding hydrogens is 438 g/mol. The molecule has 34 heavy (non-hydrogen) atoms. The molecule has 1 unspecified atom stereocenters. The van der Waals surface area contributed by atoms with Crippen LogP contribution in [0.25, 0.3) is 11.1 Å². The van der Waals surface area contributed by atoms with Crippen LogP contribution in [0.4, 0.5) is 17.5 Å². The summed E-state index contributed by atoms with van der Waals surface area (Å²) in [4.78, 5) is 29.2. The van der Waals surface area contributed by atoms with Crippen LogP contribution in [-0.2, 0) is 6.54 Å². The lowest BCUT2D eigenvalue weighted by molar-refractivity contribution is 0.0232. The van der Waals surface area contributed by atoms with E-state index in [2.05, 4.69) is 25.4 Å². The number of nitrogens with zero attached hydrogens (tertiary/aromatic N) is 7. The third-order valence-corrected chi connectivity index (χ3v) is 5.72. The monoisotopic (exact) mass is 463 g/mol. The van der Waals surface area contributed by atoms with Crippen molar-refractivity contribution in [1.82, 2.24) is 29.6 Å². The molecule has 4 aromatic rings. The average Bonchev–Trinajstić information content (AvgIpc) is 3.39. The Bertz CT molecular complexity index is 1290. The first kappa shape index (κ1) is 21.8. The summed E-state index contributed by atoms with van der Waals surface area (Å²) in [5.74, 6) is -0.355. The first-order chi connectivity index (χ1) is 16.4. The maximum atomic E-state index is 12.1. The Balaban J connectivity index is 1.27. The molecule has 4 heterocycles. The number of carbonyl (C=O) groups excluding carboxylic acids is 1. The number of rotatable bonds is 8. The van der Waals surface area contributed by atoms with Crippen LogP contribution >= 0.6 is 0 Å². The number of nitrogens with two attached hydrogens (primary N) is 1. The van der Waals surface area contributed by atoms with E-state index >= 15 is 0 Å². The van der Waals surface area contributed by atoms with Crippen LogP contribution in [0.3, 0.4) is 0 Å². The van der Waals surface area contributed by atoms with E-state index in [1.54, 1.807) is 42.3 Å². The second kappa shape index (κ2) is 8.72. The van der Waals surface area contributed by atoms with Crippen LogP contribution in [0.1, 0.15) is 22.1 Å². The fourth-order valence-corrected chi connectivity index (χ4v) is 3.68. The highest BCUT2D eigenvalue weighted by Gasteiger charge is 2.33. The maximum absolute atomic E-state index is 12.1. The second-order valence-corrected chi connectivity index (χ2v) is 8.44. The number of para-hydroxylation sites is 2. The largest absolute Gasteiger partial charge is 0.423 e. The second-order valence-electron chi connectivity index (χ2n) is 8.44. The quantitative estimate of drug-likeness (QED) is 0.324. The molecule has 0 spiro atoms. The number of fused-ring (bicyclic) bond motifs is 1. The predicted octanol–water partition coefficient (Wildman–Crippen LogP) is 1.14. The van der Waals surface area contributed by atoms with Crippen molar-refractivity contribution in [1.29, 1.82) is 0 Å². The number of anilines is 3. The van der Waals surface area contributed by atoms with Gasteiger partial charge in [0, 0.05) is 25.2 Å². The lowest BCUT2D eigenvalue weighted by Crippen LogP contribution is -2.45. The molecule has 0 bridgehead atoms. The molecule has 1 aliphatic rings. The maximum Gasteiger partial charge on any atom is 0.298 e. The first-order valence-electron chi connectivity index (χ1n) is 10.8. The van der Waals surface area contributed by atoms with Crippen LogP contribution in [-0.4, -0.2) is 74.1 Å². The van der Waals surface area contributed by atoms with E-state index in [-0.39, 0.29) is 17.4 Å². The number of carbonyl (C=O) groups is 1. The Morgan fingerprint density at radius 3 is 2.82 bits per heavy atom. The van der Waals surface area contributed by atoms with Crippen LogP contribution in [0.2, 0.25) is 0 Å². The number of hydrogen-bond acceptors (Lipinski definition) is 10. The van der Waals surface area contributed by atoms with Crippen molar-refractivity contribution in [3.8, 4) is 0 Å². The number of nitrogens with one attached hydrogen (secondary N) is 1. The molecule has 1 aliphatic heterocycles. The van der Waals surface area contributed by atoms with Crippen molar-refractivity contribution < 1.29 is 14.3 Å². The van der Waals surface area contributed by atoms with E-state index < -0.39 is 12.1 Å². The summed E-state index contributed by atoms with van der Waals surface area (Å²) < 4.78 is 7.40. The zero-order valence-corrected chi connectivity index (χ0v) is 18.8. The van der Waals surface area contributed by atoms with Gasteiger partial charge in [-0.15, -0.1) is 0 Å². The molecule has 1 aromatic carbocycles. The van der Waals surface area contributed by atoms with Crippen LogP contribution in [0.5, 0.6) is 0 Å². The minimum Gasteiger partial charge on any atom is -0.423 e. The van der Waals surface area contributed by atoms with E-state index in [9.17, 15) is 9.90 Å². The molecule has 0 aliphatic carbocycles. The Labute approximate surface area is 195 Å². The summed E-state index contributed by atoms with van der Waals surface area (Å²) >= 11 is 0. The first-order valence-corrected chi connectivity index (χ1v) is 10.8. The minimum absolute atomic E-state index is 0.0545. The zero-order chi connectivity index (χ0) is 23.8. The standard InChI is InChI=1S/C22H25N9O3/c1-29(2)18(32)12-31-11-14(7-25-31)26-21-19(20(23)33)27-16(8-24-21)13-9-30(10-13)22-28-15-5-3-4-6-17(15)34-22/h3-8,11,13,18,32H,9-10,12H2,1-2H3,(H2,23,33)(H,24,26). The summed E-state index contributed by atoms with van der Waals surface area (Å²) in [5.41, 5.74) is 8.47. The van der Waals surface area contributed by atoms with Gasteiger partial charge < -0.3 is 25.5 Å². The Morgan fingerprint density at radius 2 is 2.09 bits per heavy atom. The van der Waals surface area contributed by atoms with Crippen LogP contribution < -0.4 is 16.0 Å². The van der Waals surface area contributed by atoms with Crippen molar-refractivity contribution in [3.63, 3.8) is 0 Å². The predicted molar refractivity (Wildman–Crippen MR) is 125 cm³/mol. The summed E-state index contributed by atoms with van der Waals surface area (Å²) in [6, 6.07) is 8.18. The van der Waals surface area contributed by atoms with Gasteiger partial charge in [0.1, 0.15) is 11.7 Å². The molecule has 5 rings (SSSR count). The normalized spacial score (nSPS) is 15.0. The highest BCUT2D eigenvalue weighted by molar-refractivity contribution is 5.96. The number of oxazole rings is 1. The van der Waals surface area contributed by atoms with Gasteiger partial charge in [0.25, 0.3) is 11.9 Å². The molecule has 0 radical (unpaired) electrons. The number of primary amides is 1. The highest BCUT2D eigenvalue weighted by Crippen LogP contribution is 2.32. The Hall–Kier alpha value is -4.03. The molecule has 4 N–H and O–H groups in total. The SMILES string of the molecule is CN(C)C(O)Cn1cc(Nc2ncc(C3CN(c4nc5ccccc5o4)C3)nc2C(N)=O)cn1. The summed E-state index contributed by atoms with van der Waals surface area (Å²) in [7, 11) is 3.55. The molecule has 12 nitrogen and oxygen atoms in total. The van der Waals surface area contributed by atoms with E-state index in [1.807, 2.05) is 29.2 Å². The molecule has 1 fully saturated rings.